The summed E-state index contributed by atoms with van der Waals surface area (Å²) in [5, 5.41) is 9.09. The van der Waals surface area contributed by atoms with Crippen molar-refractivity contribution >= 4 is 34.0 Å². The molecule has 5 nitrogen and oxygen atoms in total. The molecule has 0 amide bonds. The molecule has 0 saturated heterocycles. The topological polar surface area (TPSA) is 55.7 Å². The van der Waals surface area contributed by atoms with Gasteiger partial charge in [0.05, 0.1) is 30.0 Å². The molecule has 0 aliphatic carbocycles. The van der Waals surface area contributed by atoms with Crippen LogP contribution in [-0.4, -0.2) is 24.4 Å². The van der Waals surface area contributed by atoms with E-state index >= 15 is 0 Å². The molecule has 0 radical (unpaired) electrons. The molecule has 0 aliphatic rings. The summed E-state index contributed by atoms with van der Waals surface area (Å²) >= 11 is 3.20. The molecule has 0 unspecified atom stereocenters. The van der Waals surface area contributed by atoms with Gasteiger partial charge in [-0.25, -0.2) is 4.98 Å². The minimum Gasteiger partial charge on any atom is -0.490 e. The summed E-state index contributed by atoms with van der Waals surface area (Å²) < 4.78 is 11.2. The fourth-order valence-corrected chi connectivity index (χ4v) is 3.59. The minimum absolute atomic E-state index is 0.587. The number of rotatable bonds is 8. The van der Waals surface area contributed by atoms with E-state index in [4.69, 9.17) is 9.47 Å². The van der Waals surface area contributed by atoms with Gasteiger partial charge in [0.25, 0.3) is 0 Å². The zero-order chi connectivity index (χ0) is 17.5. The van der Waals surface area contributed by atoms with Crippen molar-refractivity contribution in [3.8, 4) is 22.1 Å². The highest BCUT2D eigenvalue weighted by Crippen LogP contribution is 2.29. The zero-order valence-electron chi connectivity index (χ0n) is 14.1. The van der Waals surface area contributed by atoms with Gasteiger partial charge in [0.1, 0.15) is 0 Å². The first-order valence-electron chi connectivity index (χ1n) is 7.98. The maximum absolute atomic E-state index is 5.62. The molecule has 0 fully saturated rings. The average molecular weight is 374 g/mol. The van der Waals surface area contributed by atoms with Crippen LogP contribution >= 0.6 is 22.7 Å². The number of hydrogen-bond acceptors (Lipinski definition) is 7. The molecule has 25 heavy (non-hydrogen) atoms. The SMILES string of the molecule is CCOc1ccc(/C=N\Nc2nc(-c3cccs3)cs2)cc1OCC. The van der Waals surface area contributed by atoms with E-state index in [1.54, 1.807) is 17.6 Å². The van der Waals surface area contributed by atoms with Gasteiger partial charge in [-0.3, -0.25) is 5.43 Å². The first-order chi connectivity index (χ1) is 12.3. The summed E-state index contributed by atoms with van der Waals surface area (Å²) in [5.41, 5.74) is 4.87. The summed E-state index contributed by atoms with van der Waals surface area (Å²) in [6.45, 7) is 5.09. The van der Waals surface area contributed by atoms with Crippen molar-refractivity contribution in [2.45, 2.75) is 13.8 Å². The molecular formula is C18H19N3O2S2. The Morgan fingerprint density at radius 1 is 1.12 bits per heavy atom. The lowest BCUT2D eigenvalue weighted by Crippen LogP contribution is -1.99. The van der Waals surface area contributed by atoms with Crippen LogP contribution < -0.4 is 14.9 Å². The number of benzene rings is 1. The lowest BCUT2D eigenvalue weighted by atomic mass is 10.2. The number of nitrogens with one attached hydrogen (secondary N) is 1. The quantitative estimate of drug-likeness (QED) is 0.440. The lowest BCUT2D eigenvalue weighted by Gasteiger charge is -2.11. The molecule has 1 aromatic carbocycles. The Balaban J connectivity index is 1.66. The van der Waals surface area contributed by atoms with E-state index in [-0.39, 0.29) is 0 Å². The molecule has 130 valence electrons. The minimum atomic E-state index is 0.587. The van der Waals surface area contributed by atoms with Crippen molar-refractivity contribution in [2.24, 2.45) is 5.10 Å². The van der Waals surface area contributed by atoms with Crippen LogP contribution in [0.4, 0.5) is 5.13 Å². The van der Waals surface area contributed by atoms with Crippen LogP contribution in [0, 0.1) is 0 Å². The van der Waals surface area contributed by atoms with Gasteiger partial charge in [0, 0.05) is 5.38 Å². The van der Waals surface area contributed by atoms with Gasteiger partial charge < -0.3 is 9.47 Å². The van der Waals surface area contributed by atoms with Crippen molar-refractivity contribution in [3.05, 3.63) is 46.7 Å². The molecule has 1 N–H and O–H groups in total. The summed E-state index contributed by atoms with van der Waals surface area (Å²) in [5.74, 6) is 1.47. The molecule has 7 heteroatoms. The fourth-order valence-electron chi connectivity index (χ4n) is 2.17. The van der Waals surface area contributed by atoms with Crippen LogP contribution in [0.3, 0.4) is 0 Å². The van der Waals surface area contributed by atoms with Gasteiger partial charge in [-0.1, -0.05) is 6.07 Å². The number of ether oxygens (including phenoxy) is 2. The van der Waals surface area contributed by atoms with Gasteiger partial charge in [0.15, 0.2) is 11.5 Å². The molecular weight excluding hydrogens is 354 g/mol. The summed E-state index contributed by atoms with van der Waals surface area (Å²) in [6.07, 6.45) is 1.74. The molecule has 3 rings (SSSR count). The predicted octanol–water partition coefficient (Wildman–Crippen LogP) is 5.12. The van der Waals surface area contributed by atoms with Crippen LogP contribution in [0.5, 0.6) is 11.5 Å². The second kappa shape index (κ2) is 8.64. The number of hydrogen-bond donors (Lipinski definition) is 1. The zero-order valence-corrected chi connectivity index (χ0v) is 15.7. The molecule has 0 atom stereocenters. The van der Waals surface area contributed by atoms with E-state index in [1.807, 2.05) is 48.9 Å². The van der Waals surface area contributed by atoms with Crippen LogP contribution in [0.1, 0.15) is 19.4 Å². The summed E-state index contributed by atoms with van der Waals surface area (Å²) in [4.78, 5) is 5.68. The molecule has 0 spiro atoms. The van der Waals surface area contributed by atoms with Gasteiger partial charge in [-0.05, 0) is 49.1 Å². The highest BCUT2D eigenvalue weighted by molar-refractivity contribution is 7.15. The third-order valence-corrected chi connectivity index (χ3v) is 4.86. The molecule has 3 aromatic rings. The summed E-state index contributed by atoms with van der Waals surface area (Å²) in [6, 6.07) is 9.83. The standard InChI is InChI=1S/C18H19N3O2S2/c1-3-22-15-8-7-13(10-16(15)23-4-2)11-19-21-18-20-14(12-25-18)17-6-5-9-24-17/h5-12H,3-4H2,1-2H3,(H,20,21)/b19-11-. The van der Waals surface area contributed by atoms with Crippen LogP contribution in [0.2, 0.25) is 0 Å². The summed E-state index contributed by atoms with van der Waals surface area (Å²) in [7, 11) is 0. The van der Waals surface area contributed by atoms with Crippen molar-refractivity contribution in [2.75, 3.05) is 18.6 Å². The van der Waals surface area contributed by atoms with Crippen LogP contribution in [-0.2, 0) is 0 Å². The molecule has 0 saturated carbocycles. The van der Waals surface area contributed by atoms with Gasteiger partial charge >= 0.3 is 0 Å². The number of thiophene rings is 1. The van der Waals surface area contributed by atoms with E-state index in [1.165, 1.54) is 11.3 Å². The van der Waals surface area contributed by atoms with Crippen molar-refractivity contribution < 1.29 is 9.47 Å². The van der Waals surface area contributed by atoms with E-state index in [9.17, 15) is 0 Å². The van der Waals surface area contributed by atoms with Crippen molar-refractivity contribution in [1.29, 1.82) is 0 Å². The third kappa shape index (κ3) is 4.58. The Hall–Kier alpha value is -2.38. The molecule has 0 aliphatic heterocycles. The highest BCUT2D eigenvalue weighted by Gasteiger charge is 2.06. The number of anilines is 1. The lowest BCUT2D eigenvalue weighted by molar-refractivity contribution is 0.288. The second-order valence-corrected chi connectivity index (χ2v) is 6.76. The van der Waals surface area contributed by atoms with Crippen LogP contribution in [0.15, 0.2) is 46.2 Å². The number of nitrogens with zero attached hydrogens (tertiary/aromatic N) is 2. The smallest absolute Gasteiger partial charge is 0.203 e. The third-order valence-electron chi connectivity index (χ3n) is 3.22. The van der Waals surface area contributed by atoms with E-state index in [0.717, 1.165) is 32.8 Å². The Labute approximate surface area is 155 Å². The second-order valence-electron chi connectivity index (χ2n) is 4.96. The Bertz CT molecular complexity index is 829. The van der Waals surface area contributed by atoms with Crippen molar-refractivity contribution in [3.63, 3.8) is 0 Å². The molecule has 2 heterocycles. The first kappa shape index (κ1) is 17.4. The van der Waals surface area contributed by atoms with Gasteiger partial charge in [-0.15, -0.1) is 22.7 Å². The Morgan fingerprint density at radius 2 is 1.96 bits per heavy atom. The predicted molar refractivity (Wildman–Crippen MR) is 105 cm³/mol. The Kier molecular flexibility index (Phi) is 6.03. The fraction of sp³-hybridized carbons (Fsp3) is 0.222. The number of aromatic nitrogens is 1. The highest BCUT2D eigenvalue weighted by atomic mass is 32.1. The van der Waals surface area contributed by atoms with E-state index < -0.39 is 0 Å². The monoisotopic (exact) mass is 373 g/mol. The maximum atomic E-state index is 5.62. The van der Waals surface area contributed by atoms with Crippen LogP contribution in [0.25, 0.3) is 10.6 Å². The largest absolute Gasteiger partial charge is 0.490 e. The first-order valence-corrected chi connectivity index (χ1v) is 9.74. The van der Waals surface area contributed by atoms with E-state index in [2.05, 4.69) is 21.6 Å². The maximum Gasteiger partial charge on any atom is 0.203 e. The molecule has 0 bridgehead atoms. The number of thiazole rings is 1. The van der Waals surface area contributed by atoms with E-state index in [0.29, 0.717) is 13.2 Å². The van der Waals surface area contributed by atoms with Gasteiger partial charge in [-0.2, -0.15) is 5.10 Å². The molecule has 2 aromatic heterocycles. The normalized spacial score (nSPS) is 11.0. The Morgan fingerprint density at radius 3 is 2.72 bits per heavy atom. The number of hydrazone groups is 1. The van der Waals surface area contributed by atoms with Crippen molar-refractivity contribution in [1.82, 2.24) is 4.98 Å². The van der Waals surface area contributed by atoms with Gasteiger partial charge in [0.2, 0.25) is 5.13 Å². The average Bonchev–Trinajstić information content (AvgIpc) is 3.29.